The van der Waals surface area contributed by atoms with E-state index in [4.69, 9.17) is 15.2 Å². The molecule has 1 heterocycles. The summed E-state index contributed by atoms with van der Waals surface area (Å²) >= 11 is 3.23. The molecule has 0 aliphatic heterocycles. The summed E-state index contributed by atoms with van der Waals surface area (Å²) in [6.45, 7) is 2.36. The maximum atomic E-state index is 5.40. The van der Waals surface area contributed by atoms with E-state index >= 15 is 0 Å². The Morgan fingerprint density at radius 3 is 2.79 bits per heavy atom. The molecule has 0 unspecified atom stereocenters. The maximum absolute atomic E-state index is 5.40. The largest absolute Gasteiger partial charge is 0.382 e. The molecule has 0 amide bonds. The third-order valence-corrected chi connectivity index (χ3v) is 2.11. The fourth-order valence-corrected chi connectivity index (χ4v) is 1.32. The zero-order chi connectivity index (χ0) is 10.4. The Morgan fingerprint density at radius 1 is 1.43 bits per heavy atom. The summed E-state index contributed by atoms with van der Waals surface area (Å²) < 4.78 is 12.4. The van der Waals surface area contributed by atoms with Crippen molar-refractivity contribution in [2.24, 2.45) is 0 Å². The number of ether oxygens (including phenoxy) is 2. The number of anilines is 1. The molecule has 1 aromatic heterocycles. The number of nitrogen functional groups attached to an aromatic ring is 1. The van der Waals surface area contributed by atoms with E-state index in [0.717, 1.165) is 0 Å². The Labute approximate surface area is 90.5 Å². The van der Waals surface area contributed by atoms with Crippen LogP contribution in [-0.4, -0.2) is 41.7 Å². The van der Waals surface area contributed by atoms with E-state index in [-0.39, 0.29) is 5.95 Å². The standard InChI is InChI=1S/C7H13BrN4O2/c1-13-4-5-14-3-2-12-6(8)10-7(9)11-12/h2-5H2,1H3,(H2,9,11). The minimum atomic E-state index is 0.258. The molecule has 0 saturated carbocycles. The summed E-state index contributed by atoms with van der Waals surface area (Å²) in [5, 5.41) is 3.95. The minimum Gasteiger partial charge on any atom is -0.382 e. The summed E-state index contributed by atoms with van der Waals surface area (Å²) in [6, 6.07) is 0. The summed E-state index contributed by atoms with van der Waals surface area (Å²) in [5.74, 6) is 0.258. The SMILES string of the molecule is COCCOCCn1nc(N)nc1Br. The predicted molar refractivity (Wildman–Crippen MR) is 54.8 cm³/mol. The molecule has 2 N–H and O–H groups in total. The van der Waals surface area contributed by atoms with Crippen molar-refractivity contribution in [2.45, 2.75) is 6.54 Å². The molecule has 14 heavy (non-hydrogen) atoms. The molecule has 1 rings (SSSR count). The van der Waals surface area contributed by atoms with Gasteiger partial charge in [-0.05, 0) is 15.9 Å². The van der Waals surface area contributed by atoms with Crippen molar-refractivity contribution in [2.75, 3.05) is 32.7 Å². The van der Waals surface area contributed by atoms with Gasteiger partial charge in [-0.3, -0.25) is 0 Å². The number of nitrogens with zero attached hydrogens (tertiary/aromatic N) is 3. The van der Waals surface area contributed by atoms with Gasteiger partial charge in [0.25, 0.3) is 0 Å². The highest BCUT2D eigenvalue weighted by Crippen LogP contribution is 2.07. The van der Waals surface area contributed by atoms with Gasteiger partial charge in [-0.1, -0.05) is 0 Å². The van der Waals surface area contributed by atoms with Crippen LogP contribution in [0, 0.1) is 0 Å². The van der Waals surface area contributed by atoms with Crippen LogP contribution in [0.1, 0.15) is 0 Å². The lowest BCUT2D eigenvalue weighted by Gasteiger charge is -2.03. The Morgan fingerprint density at radius 2 is 2.21 bits per heavy atom. The highest BCUT2D eigenvalue weighted by atomic mass is 79.9. The number of hydrogen-bond acceptors (Lipinski definition) is 5. The first-order valence-corrected chi connectivity index (χ1v) is 4.96. The Bertz CT molecular complexity index is 279. The van der Waals surface area contributed by atoms with Gasteiger partial charge < -0.3 is 15.2 Å². The zero-order valence-electron chi connectivity index (χ0n) is 7.94. The topological polar surface area (TPSA) is 75.2 Å². The summed E-state index contributed by atoms with van der Waals surface area (Å²) in [6.07, 6.45) is 0. The Hall–Kier alpha value is -0.660. The van der Waals surface area contributed by atoms with E-state index in [1.54, 1.807) is 11.8 Å². The quantitative estimate of drug-likeness (QED) is 0.748. The van der Waals surface area contributed by atoms with Gasteiger partial charge in [0, 0.05) is 7.11 Å². The molecular weight excluding hydrogens is 252 g/mol. The first kappa shape index (κ1) is 11.4. The van der Waals surface area contributed by atoms with Crippen molar-refractivity contribution in [3.8, 4) is 0 Å². The third-order valence-electron chi connectivity index (χ3n) is 1.52. The van der Waals surface area contributed by atoms with E-state index in [0.29, 0.717) is 31.1 Å². The zero-order valence-corrected chi connectivity index (χ0v) is 9.53. The van der Waals surface area contributed by atoms with Crippen LogP contribution >= 0.6 is 15.9 Å². The van der Waals surface area contributed by atoms with E-state index in [1.807, 2.05) is 0 Å². The fraction of sp³-hybridized carbons (Fsp3) is 0.714. The molecule has 0 atom stereocenters. The van der Waals surface area contributed by atoms with E-state index in [1.165, 1.54) is 0 Å². The van der Waals surface area contributed by atoms with Crippen LogP contribution in [-0.2, 0) is 16.0 Å². The average Bonchev–Trinajstić information content (AvgIpc) is 2.45. The number of halogens is 1. The molecule has 7 heteroatoms. The summed E-state index contributed by atoms with van der Waals surface area (Å²) in [7, 11) is 1.64. The Balaban J connectivity index is 2.21. The van der Waals surface area contributed by atoms with Crippen LogP contribution in [0.2, 0.25) is 0 Å². The minimum absolute atomic E-state index is 0.258. The lowest BCUT2D eigenvalue weighted by atomic mass is 10.7. The van der Waals surface area contributed by atoms with Gasteiger partial charge in [0.05, 0.1) is 26.4 Å². The van der Waals surface area contributed by atoms with Crippen molar-refractivity contribution >= 4 is 21.9 Å². The second-order valence-corrected chi connectivity index (χ2v) is 3.28. The van der Waals surface area contributed by atoms with Gasteiger partial charge in [0.15, 0.2) is 4.73 Å². The monoisotopic (exact) mass is 264 g/mol. The van der Waals surface area contributed by atoms with Gasteiger partial charge in [0.2, 0.25) is 5.95 Å². The van der Waals surface area contributed by atoms with Crippen LogP contribution in [0.15, 0.2) is 4.73 Å². The van der Waals surface area contributed by atoms with Crippen molar-refractivity contribution in [3.63, 3.8) is 0 Å². The number of methoxy groups -OCH3 is 1. The lowest BCUT2D eigenvalue weighted by molar-refractivity contribution is 0.0651. The lowest BCUT2D eigenvalue weighted by Crippen LogP contribution is -2.10. The van der Waals surface area contributed by atoms with Gasteiger partial charge >= 0.3 is 0 Å². The van der Waals surface area contributed by atoms with Crippen molar-refractivity contribution in [1.82, 2.24) is 14.8 Å². The molecule has 0 aromatic carbocycles. The van der Waals surface area contributed by atoms with Gasteiger partial charge in [-0.15, -0.1) is 5.10 Å². The Kier molecular flexibility index (Phi) is 4.85. The first-order chi connectivity index (χ1) is 6.74. The van der Waals surface area contributed by atoms with Gasteiger partial charge in [-0.2, -0.15) is 4.98 Å². The van der Waals surface area contributed by atoms with Crippen molar-refractivity contribution < 1.29 is 9.47 Å². The first-order valence-electron chi connectivity index (χ1n) is 4.16. The number of rotatable bonds is 6. The highest BCUT2D eigenvalue weighted by molar-refractivity contribution is 9.10. The molecule has 0 radical (unpaired) electrons. The van der Waals surface area contributed by atoms with E-state index < -0.39 is 0 Å². The van der Waals surface area contributed by atoms with Gasteiger partial charge in [0.1, 0.15) is 0 Å². The average molecular weight is 265 g/mol. The van der Waals surface area contributed by atoms with Crippen molar-refractivity contribution in [3.05, 3.63) is 4.73 Å². The summed E-state index contributed by atoms with van der Waals surface area (Å²) in [5.41, 5.74) is 5.40. The molecule has 0 fully saturated rings. The highest BCUT2D eigenvalue weighted by Gasteiger charge is 2.03. The second kappa shape index (κ2) is 5.94. The third kappa shape index (κ3) is 3.60. The molecular formula is C7H13BrN4O2. The normalized spacial score (nSPS) is 10.7. The number of aromatic nitrogens is 3. The summed E-state index contributed by atoms with van der Waals surface area (Å²) in [4.78, 5) is 3.89. The molecule has 1 aromatic rings. The smallest absolute Gasteiger partial charge is 0.240 e. The second-order valence-electron chi connectivity index (χ2n) is 2.57. The molecule has 0 aliphatic carbocycles. The molecule has 0 spiro atoms. The maximum Gasteiger partial charge on any atom is 0.240 e. The van der Waals surface area contributed by atoms with E-state index in [2.05, 4.69) is 26.0 Å². The molecule has 80 valence electrons. The molecule has 6 nitrogen and oxygen atoms in total. The number of hydrogen-bond donors (Lipinski definition) is 1. The fourth-order valence-electron chi connectivity index (χ4n) is 0.877. The molecule has 0 aliphatic rings. The van der Waals surface area contributed by atoms with Crippen LogP contribution in [0.5, 0.6) is 0 Å². The van der Waals surface area contributed by atoms with E-state index in [9.17, 15) is 0 Å². The van der Waals surface area contributed by atoms with Crippen LogP contribution in [0.25, 0.3) is 0 Å². The van der Waals surface area contributed by atoms with Crippen LogP contribution in [0.3, 0.4) is 0 Å². The molecule has 0 saturated heterocycles. The van der Waals surface area contributed by atoms with Crippen LogP contribution in [0.4, 0.5) is 5.95 Å². The van der Waals surface area contributed by atoms with Crippen molar-refractivity contribution in [1.29, 1.82) is 0 Å². The van der Waals surface area contributed by atoms with Crippen LogP contribution < -0.4 is 5.73 Å². The number of nitrogens with two attached hydrogens (primary N) is 1. The molecule has 0 bridgehead atoms. The van der Waals surface area contributed by atoms with Gasteiger partial charge in [-0.25, -0.2) is 4.68 Å². The predicted octanol–water partition coefficient (Wildman–Crippen LogP) is 0.286.